The first-order valence-corrected chi connectivity index (χ1v) is 9.43. The average molecular weight is 348 g/mol. The first-order chi connectivity index (χ1) is 11.6. The first-order valence-electron chi connectivity index (χ1n) is 9.43. The van der Waals surface area contributed by atoms with Gasteiger partial charge in [0.15, 0.2) is 0 Å². The van der Waals surface area contributed by atoms with Gasteiger partial charge in [-0.15, -0.1) is 6.58 Å². The average Bonchev–Trinajstić information content (AvgIpc) is 2.58. The number of carbonyl (C=O) groups is 1. The number of fused-ring (bicyclic) bond motifs is 3. The molecule has 0 aliphatic heterocycles. The van der Waals surface area contributed by atoms with Gasteiger partial charge in [0.05, 0.1) is 24.7 Å². The van der Waals surface area contributed by atoms with Crippen molar-refractivity contribution >= 4 is 5.97 Å². The summed E-state index contributed by atoms with van der Waals surface area (Å²) in [7, 11) is 1.45. The van der Waals surface area contributed by atoms with Gasteiger partial charge in [-0.1, -0.05) is 32.4 Å². The Morgan fingerprint density at radius 2 is 1.96 bits per heavy atom. The zero-order valence-corrected chi connectivity index (χ0v) is 15.9. The van der Waals surface area contributed by atoms with Crippen LogP contribution in [0.3, 0.4) is 0 Å². The monoisotopic (exact) mass is 348 g/mol. The molecule has 3 aliphatic rings. The summed E-state index contributed by atoms with van der Waals surface area (Å²) in [5.41, 5.74) is -0.162. The van der Waals surface area contributed by atoms with E-state index < -0.39 is 23.0 Å². The van der Waals surface area contributed by atoms with Crippen molar-refractivity contribution in [1.82, 2.24) is 0 Å². The number of methoxy groups -OCH3 is 1. The van der Waals surface area contributed by atoms with E-state index in [-0.39, 0.29) is 23.2 Å². The van der Waals surface area contributed by atoms with E-state index in [1.807, 2.05) is 19.9 Å². The summed E-state index contributed by atoms with van der Waals surface area (Å²) >= 11 is 0. The number of esters is 1. The molecule has 7 atom stereocenters. The second kappa shape index (κ2) is 5.95. The predicted molar refractivity (Wildman–Crippen MR) is 96.7 cm³/mol. The highest BCUT2D eigenvalue weighted by Gasteiger charge is 2.61. The summed E-state index contributed by atoms with van der Waals surface area (Å²) < 4.78 is 5.13. The minimum Gasteiger partial charge on any atom is -0.469 e. The molecule has 0 radical (unpaired) electrons. The van der Waals surface area contributed by atoms with E-state index in [2.05, 4.69) is 13.5 Å². The molecule has 0 aromatic rings. The molecular weight excluding hydrogens is 316 g/mol. The zero-order valence-electron chi connectivity index (χ0n) is 15.9. The minimum atomic E-state index is -0.572. The second-order valence-corrected chi connectivity index (χ2v) is 9.09. The molecule has 0 aromatic carbocycles. The van der Waals surface area contributed by atoms with Crippen LogP contribution >= 0.6 is 0 Å². The van der Waals surface area contributed by atoms with E-state index >= 15 is 0 Å². The maximum absolute atomic E-state index is 12.6. The van der Waals surface area contributed by atoms with E-state index in [4.69, 9.17) is 4.74 Å². The molecule has 0 heterocycles. The van der Waals surface area contributed by atoms with Crippen LogP contribution in [-0.2, 0) is 9.53 Å². The molecule has 3 rings (SSSR count). The molecule has 2 saturated carbocycles. The van der Waals surface area contributed by atoms with Crippen molar-refractivity contribution in [2.45, 2.75) is 65.1 Å². The van der Waals surface area contributed by atoms with Crippen molar-refractivity contribution in [2.75, 3.05) is 7.11 Å². The third-order valence-corrected chi connectivity index (χ3v) is 7.77. The number of hydrogen-bond acceptors (Lipinski definition) is 4. The smallest absolute Gasteiger partial charge is 0.311 e. The Kier molecular flexibility index (Phi) is 4.44. The molecule has 0 aromatic heterocycles. The summed E-state index contributed by atoms with van der Waals surface area (Å²) in [5.74, 6) is -0.0254. The Balaban J connectivity index is 2.07. The number of aliphatic hydroxyl groups is 2. The van der Waals surface area contributed by atoms with Gasteiger partial charge in [0, 0.05) is 5.41 Å². The lowest BCUT2D eigenvalue weighted by molar-refractivity contribution is -0.172. The maximum atomic E-state index is 12.6. The van der Waals surface area contributed by atoms with Crippen LogP contribution in [0.2, 0.25) is 0 Å². The van der Waals surface area contributed by atoms with Gasteiger partial charge >= 0.3 is 5.97 Å². The van der Waals surface area contributed by atoms with Gasteiger partial charge in [0.1, 0.15) is 0 Å². The van der Waals surface area contributed by atoms with Crippen molar-refractivity contribution in [3.8, 4) is 0 Å². The lowest BCUT2D eigenvalue weighted by atomic mass is 9.44. The number of ether oxygens (including phenoxy) is 1. The SMILES string of the molecule is C=C[C@]1(C)C=C2C(C[C@H]1O)[C@@]1(C)CCC[C@@](C)(C(=O)OC)C1C[C@H]2O. The number of aliphatic hydroxyl groups excluding tert-OH is 2. The van der Waals surface area contributed by atoms with Crippen LogP contribution in [0.15, 0.2) is 24.3 Å². The topological polar surface area (TPSA) is 66.8 Å². The molecule has 140 valence electrons. The van der Waals surface area contributed by atoms with Crippen LogP contribution in [0.5, 0.6) is 0 Å². The Morgan fingerprint density at radius 1 is 1.28 bits per heavy atom. The molecule has 3 aliphatic carbocycles. The largest absolute Gasteiger partial charge is 0.469 e. The quantitative estimate of drug-likeness (QED) is 0.594. The molecule has 2 unspecified atom stereocenters. The molecule has 0 bridgehead atoms. The van der Waals surface area contributed by atoms with E-state index in [1.54, 1.807) is 6.08 Å². The van der Waals surface area contributed by atoms with E-state index in [0.717, 1.165) is 24.8 Å². The van der Waals surface area contributed by atoms with Crippen LogP contribution in [0.25, 0.3) is 0 Å². The van der Waals surface area contributed by atoms with Crippen LogP contribution < -0.4 is 0 Å². The highest BCUT2D eigenvalue weighted by atomic mass is 16.5. The summed E-state index contributed by atoms with van der Waals surface area (Å²) in [6.07, 6.45) is 6.68. The maximum Gasteiger partial charge on any atom is 0.311 e. The zero-order chi connectivity index (χ0) is 18.6. The molecule has 2 N–H and O–H groups in total. The van der Waals surface area contributed by atoms with Gasteiger partial charge in [-0.3, -0.25) is 4.79 Å². The minimum absolute atomic E-state index is 0.0543. The fourth-order valence-corrected chi connectivity index (χ4v) is 6.04. The Morgan fingerprint density at radius 3 is 2.56 bits per heavy atom. The summed E-state index contributed by atoms with van der Waals surface area (Å²) in [6, 6.07) is 0. The summed E-state index contributed by atoms with van der Waals surface area (Å²) in [6.45, 7) is 10.1. The van der Waals surface area contributed by atoms with Gasteiger partial charge < -0.3 is 14.9 Å². The van der Waals surface area contributed by atoms with E-state index in [9.17, 15) is 15.0 Å². The highest BCUT2D eigenvalue weighted by molar-refractivity contribution is 5.77. The van der Waals surface area contributed by atoms with Gasteiger partial charge in [-0.05, 0) is 55.4 Å². The molecule has 2 fully saturated rings. The third-order valence-electron chi connectivity index (χ3n) is 7.77. The van der Waals surface area contributed by atoms with Gasteiger partial charge in [-0.25, -0.2) is 0 Å². The first kappa shape index (κ1) is 18.7. The standard InChI is InChI=1S/C21H32O4/c1-6-19(2)12-13-14(10-17(19)23)20(3)8-7-9-21(4,18(24)25-5)16(20)11-15(13)22/h6,12,14-17,22-23H,1,7-11H2,2-5H3/t14?,15-,16?,17-,19-,20-,21-/m1/s1. The number of hydrogen-bond donors (Lipinski definition) is 2. The Bertz CT molecular complexity index is 611. The van der Waals surface area contributed by atoms with E-state index in [0.29, 0.717) is 12.8 Å². The highest BCUT2D eigenvalue weighted by Crippen LogP contribution is 2.64. The Hall–Kier alpha value is -1.13. The molecule has 4 nitrogen and oxygen atoms in total. The van der Waals surface area contributed by atoms with Crippen LogP contribution in [-0.4, -0.2) is 35.5 Å². The van der Waals surface area contributed by atoms with Gasteiger partial charge in [0.25, 0.3) is 0 Å². The molecule has 0 amide bonds. The van der Waals surface area contributed by atoms with Crippen molar-refractivity contribution in [3.63, 3.8) is 0 Å². The fraction of sp³-hybridized carbons (Fsp3) is 0.762. The predicted octanol–water partition coefficient (Wildman–Crippen LogP) is 3.24. The number of carbonyl (C=O) groups excluding carboxylic acids is 1. The fourth-order valence-electron chi connectivity index (χ4n) is 6.04. The molecule has 0 saturated heterocycles. The van der Waals surface area contributed by atoms with Crippen LogP contribution in [0.4, 0.5) is 0 Å². The molecule has 0 spiro atoms. The number of rotatable bonds is 2. The lowest BCUT2D eigenvalue weighted by Gasteiger charge is -2.60. The molecule has 25 heavy (non-hydrogen) atoms. The molecular formula is C21H32O4. The van der Waals surface area contributed by atoms with Crippen LogP contribution in [0.1, 0.15) is 52.9 Å². The van der Waals surface area contributed by atoms with Crippen molar-refractivity contribution in [1.29, 1.82) is 0 Å². The lowest BCUT2D eigenvalue weighted by Crippen LogP contribution is -2.58. The van der Waals surface area contributed by atoms with Crippen molar-refractivity contribution in [3.05, 3.63) is 24.3 Å². The van der Waals surface area contributed by atoms with Gasteiger partial charge in [-0.2, -0.15) is 0 Å². The van der Waals surface area contributed by atoms with Crippen LogP contribution in [0, 0.1) is 28.1 Å². The summed E-state index contributed by atoms with van der Waals surface area (Å²) in [5, 5.41) is 21.7. The Labute approximate surface area is 151 Å². The van der Waals surface area contributed by atoms with Crippen molar-refractivity contribution in [2.24, 2.45) is 28.1 Å². The molecule has 4 heteroatoms. The summed E-state index contributed by atoms with van der Waals surface area (Å²) in [4.78, 5) is 12.6. The second-order valence-electron chi connectivity index (χ2n) is 9.09. The third kappa shape index (κ3) is 2.52. The van der Waals surface area contributed by atoms with Crippen molar-refractivity contribution < 1.29 is 19.7 Å². The van der Waals surface area contributed by atoms with E-state index in [1.165, 1.54) is 7.11 Å². The normalized spacial score (nSPS) is 49.4. The van der Waals surface area contributed by atoms with Gasteiger partial charge in [0.2, 0.25) is 0 Å².